The lowest BCUT2D eigenvalue weighted by molar-refractivity contribution is -0.141. The largest absolute Gasteiger partial charge is 0.368 e. The van der Waals surface area contributed by atoms with Gasteiger partial charge in [0.2, 0.25) is 0 Å². The van der Waals surface area contributed by atoms with Gasteiger partial charge >= 0.3 is 0 Å². The fraction of sp³-hybridized carbons (Fsp3) is 0.444. The van der Waals surface area contributed by atoms with Crippen LogP contribution in [0.15, 0.2) is 24.4 Å². The number of ether oxygens (including phenoxy) is 1. The Bertz CT molecular complexity index is 800. The molecule has 1 amide bonds. The molecule has 2 saturated heterocycles. The van der Waals surface area contributed by atoms with Crippen molar-refractivity contribution in [2.45, 2.75) is 18.9 Å². The van der Waals surface area contributed by atoms with E-state index in [9.17, 15) is 13.6 Å². The molecule has 0 N–H and O–H groups in total. The number of amides is 1. The standard InChI is InChI=1S/C18H19F2N3O2/c19-12-3-4-13(20)17-16(12)14(5-6-21-17)22-7-9-23(10-8-22)18(24)15-2-1-11-25-15/h3-6,15H,1-2,7-11H2. The first kappa shape index (κ1) is 16.2. The van der Waals surface area contributed by atoms with Crippen molar-refractivity contribution in [3.05, 3.63) is 36.0 Å². The number of pyridine rings is 1. The lowest BCUT2D eigenvalue weighted by atomic mass is 10.1. The maximum Gasteiger partial charge on any atom is 0.251 e. The Hall–Kier alpha value is -2.28. The van der Waals surface area contributed by atoms with Crippen LogP contribution in [0.2, 0.25) is 0 Å². The van der Waals surface area contributed by atoms with Gasteiger partial charge < -0.3 is 14.5 Å². The molecule has 0 aliphatic carbocycles. The van der Waals surface area contributed by atoms with Crippen molar-refractivity contribution in [1.29, 1.82) is 0 Å². The molecule has 132 valence electrons. The summed E-state index contributed by atoms with van der Waals surface area (Å²) in [5.41, 5.74) is 0.654. The van der Waals surface area contributed by atoms with Gasteiger partial charge in [-0.15, -0.1) is 0 Å². The second-order valence-corrected chi connectivity index (χ2v) is 6.40. The molecule has 3 heterocycles. The van der Waals surface area contributed by atoms with E-state index >= 15 is 0 Å². The number of carbonyl (C=O) groups excluding carboxylic acids is 1. The molecule has 0 bridgehead atoms. The van der Waals surface area contributed by atoms with Gasteiger partial charge in [0.1, 0.15) is 23.3 Å². The average molecular weight is 347 g/mol. The third kappa shape index (κ3) is 2.93. The number of anilines is 1. The minimum Gasteiger partial charge on any atom is -0.368 e. The Morgan fingerprint density at radius 2 is 1.88 bits per heavy atom. The first-order chi connectivity index (χ1) is 12.1. The third-order valence-corrected chi connectivity index (χ3v) is 4.91. The Kier molecular flexibility index (Phi) is 4.25. The fourth-order valence-corrected chi connectivity index (χ4v) is 3.58. The van der Waals surface area contributed by atoms with Crippen LogP contribution in [0.25, 0.3) is 10.9 Å². The molecule has 7 heteroatoms. The minimum atomic E-state index is -0.537. The highest BCUT2D eigenvalue weighted by molar-refractivity contribution is 5.92. The molecule has 2 aliphatic heterocycles. The number of fused-ring (bicyclic) bond motifs is 1. The van der Waals surface area contributed by atoms with Crippen molar-refractivity contribution in [3.63, 3.8) is 0 Å². The summed E-state index contributed by atoms with van der Waals surface area (Å²) in [5.74, 6) is -0.989. The maximum absolute atomic E-state index is 14.3. The number of carbonyl (C=O) groups is 1. The second kappa shape index (κ2) is 6.55. The summed E-state index contributed by atoms with van der Waals surface area (Å²) in [6, 6.07) is 3.91. The van der Waals surface area contributed by atoms with E-state index in [1.165, 1.54) is 6.20 Å². The molecule has 1 atom stereocenters. The van der Waals surface area contributed by atoms with E-state index in [0.29, 0.717) is 38.5 Å². The zero-order chi connectivity index (χ0) is 17.4. The second-order valence-electron chi connectivity index (χ2n) is 6.40. The van der Waals surface area contributed by atoms with Gasteiger partial charge in [-0.05, 0) is 31.0 Å². The number of halogens is 2. The zero-order valence-electron chi connectivity index (χ0n) is 13.8. The number of hydrogen-bond acceptors (Lipinski definition) is 4. The van der Waals surface area contributed by atoms with Gasteiger partial charge in [0.25, 0.3) is 5.91 Å². The highest BCUT2D eigenvalue weighted by Gasteiger charge is 2.30. The Balaban J connectivity index is 1.54. The first-order valence-electron chi connectivity index (χ1n) is 8.53. The van der Waals surface area contributed by atoms with Crippen LogP contribution in [-0.2, 0) is 9.53 Å². The highest BCUT2D eigenvalue weighted by atomic mass is 19.1. The van der Waals surface area contributed by atoms with Crippen LogP contribution in [0.5, 0.6) is 0 Å². The van der Waals surface area contributed by atoms with Crippen molar-refractivity contribution in [2.75, 3.05) is 37.7 Å². The average Bonchev–Trinajstić information content (AvgIpc) is 3.19. The number of nitrogens with zero attached hydrogens (tertiary/aromatic N) is 3. The molecule has 0 spiro atoms. The Labute approximate surface area is 144 Å². The number of piperazine rings is 1. The monoisotopic (exact) mass is 347 g/mol. The quantitative estimate of drug-likeness (QED) is 0.837. The summed E-state index contributed by atoms with van der Waals surface area (Å²) < 4.78 is 33.7. The Morgan fingerprint density at radius 1 is 1.12 bits per heavy atom. The SMILES string of the molecule is O=C(C1CCCO1)N1CCN(c2ccnc3c(F)ccc(F)c23)CC1. The number of benzene rings is 1. The third-order valence-electron chi connectivity index (χ3n) is 4.91. The van der Waals surface area contributed by atoms with Gasteiger partial charge in [-0.1, -0.05) is 0 Å². The number of rotatable bonds is 2. The van der Waals surface area contributed by atoms with E-state index in [0.717, 1.165) is 25.0 Å². The lowest BCUT2D eigenvalue weighted by Gasteiger charge is -2.37. The summed E-state index contributed by atoms with van der Waals surface area (Å²) >= 11 is 0. The molecule has 5 nitrogen and oxygen atoms in total. The van der Waals surface area contributed by atoms with Crippen LogP contribution in [-0.4, -0.2) is 54.7 Å². The van der Waals surface area contributed by atoms with Gasteiger partial charge in [0.15, 0.2) is 0 Å². The molecule has 25 heavy (non-hydrogen) atoms. The van der Waals surface area contributed by atoms with Crippen LogP contribution >= 0.6 is 0 Å². The molecular weight excluding hydrogens is 328 g/mol. The van der Waals surface area contributed by atoms with Crippen LogP contribution in [0, 0.1) is 11.6 Å². The summed E-state index contributed by atoms with van der Waals surface area (Å²) in [5, 5.41) is 0.196. The molecule has 1 unspecified atom stereocenters. The molecule has 2 fully saturated rings. The fourth-order valence-electron chi connectivity index (χ4n) is 3.58. The van der Waals surface area contributed by atoms with Crippen LogP contribution < -0.4 is 4.90 Å². The van der Waals surface area contributed by atoms with Crippen molar-refractivity contribution < 1.29 is 18.3 Å². The minimum absolute atomic E-state index is 0.0361. The molecule has 0 saturated carbocycles. The zero-order valence-corrected chi connectivity index (χ0v) is 13.8. The first-order valence-corrected chi connectivity index (χ1v) is 8.53. The molecule has 1 aromatic carbocycles. The predicted molar refractivity (Wildman–Crippen MR) is 89.4 cm³/mol. The normalized spacial score (nSPS) is 21.1. The van der Waals surface area contributed by atoms with E-state index in [1.54, 1.807) is 11.0 Å². The van der Waals surface area contributed by atoms with Gasteiger partial charge in [-0.3, -0.25) is 9.78 Å². The summed E-state index contributed by atoms with van der Waals surface area (Å²) in [6.45, 7) is 2.85. The van der Waals surface area contributed by atoms with Crippen LogP contribution in [0.3, 0.4) is 0 Å². The summed E-state index contributed by atoms with van der Waals surface area (Å²) in [4.78, 5) is 20.2. The van der Waals surface area contributed by atoms with Crippen LogP contribution in [0.4, 0.5) is 14.5 Å². The Morgan fingerprint density at radius 3 is 2.60 bits per heavy atom. The number of aromatic nitrogens is 1. The number of hydrogen-bond donors (Lipinski definition) is 0. The molecule has 1 aromatic heterocycles. The van der Waals surface area contributed by atoms with Gasteiger partial charge in [0, 0.05) is 39.0 Å². The summed E-state index contributed by atoms with van der Waals surface area (Å²) in [6.07, 6.45) is 2.87. The van der Waals surface area contributed by atoms with Gasteiger partial charge in [0.05, 0.1) is 11.1 Å². The van der Waals surface area contributed by atoms with Crippen molar-refractivity contribution in [2.24, 2.45) is 0 Å². The summed E-state index contributed by atoms with van der Waals surface area (Å²) in [7, 11) is 0. The molecule has 2 aliphatic rings. The van der Waals surface area contributed by atoms with Gasteiger partial charge in [-0.25, -0.2) is 8.78 Å². The van der Waals surface area contributed by atoms with E-state index in [4.69, 9.17) is 4.74 Å². The van der Waals surface area contributed by atoms with Crippen LogP contribution in [0.1, 0.15) is 12.8 Å². The van der Waals surface area contributed by atoms with Crippen molar-refractivity contribution >= 4 is 22.5 Å². The molecule has 4 rings (SSSR count). The molecule has 0 radical (unpaired) electrons. The van der Waals surface area contributed by atoms with E-state index in [1.807, 2.05) is 4.90 Å². The topological polar surface area (TPSA) is 45.7 Å². The van der Waals surface area contributed by atoms with Crippen molar-refractivity contribution in [3.8, 4) is 0 Å². The maximum atomic E-state index is 14.3. The van der Waals surface area contributed by atoms with Gasteiger partial charge in [-0.2, -0.15) is 0 Å². The lowest BCUT2D eigenvalue weighted by Crippen LogP contribution is -2.51. The molecular formula is C18H19F2N3O2. The highest BCUT2D eigenvalue weighted by Crippen LogP contribution is 2.30. The predicted octanol–water partition coefficient (Wildman–Crippen LogP) is 2.34. The van der Waals surface area contributed by atoms with Crippen molar-refractivity contribution in [1.82, 2.24) is 9.88 Å². The molecule has 2 aromatic rings. The van der Waals surface area contributed by atoms with E-state index < -0.39 is 11.6 Å². The van der Waals surface area contributed by atoms with E-state index in [2.05, 4.69) is 4.98 Å². The van der Waals surface area contributed by atoms with E-state index in [-0.39, 0.29) is 22.9 Å². The smallest absolute Gasteiger partial charge is 0.251 e.